The Morgan fingerprint density at radius 1 is 1.20 bits per heavy atom. The van der Waals surface area contributed by atoms with Crippen LogP contribution in [0.5, 0.6) is 5.75 Å². The van der Waals surface area contributed by atoms with E-state index in [1.807, 2.05) is 24.3 Å². The maximum Gasteiger partial charge on any atom is 0.228 e. The molecule has 0 unspecified atom stereocenters. The highest BCUT2D eigenvalue weighted by Crippen LogP contribution is 2.29. The topological polar surface area (TPSA) is 59.6 Å². The second-order valence-electron chi connectivity index (χ2n) is 6.59. The fourth-order valence-corrected chi connectivity index (χ4v) is 3.06. The number of carbonyl (C=O) groups excluding carboxylic acids is 1. The third-order valence-electron chi connectivity index (χ3n) is 4.61. The number of ether oxygens (including phenoxy) is 2. The molecule has 1 heterocycles. The van der Waals surface area contributed by atoms with E-state index in [1.54, 1.807) is 7.11 Å². The van der Waals surface area contributed by atoms with E-state index in [1.165, 1.54) is 5.56 Å². The normalized spacial score (nSPS) is 15.9. The van der Waals surface area contributed by atoms with Crippen molar-refractivity contribution in [3.63, 3.8) is 0 Å². The van der Waals surface area contributed by atoms with Crippen molar-refractivity contribution in [3.05, 3.63) is 29.8 Å². The lowest BCUT2D eigenvalue weighted by molar-refractivity contribution is -0.136. The Bertz CT molecular complexity index is 496. The summed E-state index contributed by atoms with van der Waals surface area (Å²) in [5.74, 6) is 1.03. The Morgan fingerprint density at radius 3 is 2.52 bits per heavy atom. The second-order valence-corrected chi connectivity index (χ2v) is 6.59. The molecule has 2 N–H and O–H groups in total. The Labute approximate surface area is 157 Å². The van der Waals surface area contributed by atoms with E-state index in [0.29, 0.717) is 19.8 Å². The van der Waals surface area contributed by atoms with Gasteiger partial charge in [0.15, 0.2) is 0 Å². The van der Waals surface area contributed by atoms with E-state index >= 15 is 0 Å². The summed E-state index contributed by atoms with van der Waals surface area (Å²) in [5.41, 5.74) is 0.867. The molecule has 2 rings (SSSR count). The highest BCUT2D eigenvalue weighted by Gasteiger charge is 2.39. The molecular weight excluding hydrogens is 340 g/mol. The van der Waals surface area contributed by atoms with Crippen LogP contribution in [-0.4, -0.2) is 45.9 Å². The van der Waals surface area contributed by atoms with Crippen molar-refractivity contribution in [1.82, 2.24) is 10.6 Å². The number of benzene rings is 1. The average Bonchev–Trinajstić information content (AvgIpc) is 2.60. The number of aryl methyl sites for hydroxylation is 1. The number of rotatable bonds is 9. The Balaban J connectivity index is 0.00000312. The maximum absolute atomic E-state index is 12.5. The SMILES string of the molecule is COCC1(C(=O)NCCCCOc2ccc(C)cc2)CCNCC1.Cl. The van der Waals surface area contributed by atoms with Crippen molar-refractivity contribution in [2.45, 2.75) is 32.6 Å². The van der Waals surface area contributed by atoms with Gasteiger partial charge < -0.3 is 20.1 Å². The Kier molecular flexibility index (Phi) is 9.86. The molecule has 1 aliphatic heterocycles. The van der Waals surface area contributed by atoms with Crippen LogP contribution in [0.4, 0.5) is 0 Å². The van der Waals surface area contributed by atoms with Crippen LogP contribution in [0.1, 0.15) is 31.2 Å². The molecule has 1 saturated heterocycles. The number of unbranched alkanes of at least 4 members (excludes halogenated alkanes) is 1. The molecule has 1 fully saturated rings. The van der Waals surface area contributed by atoms with Gasteiger partial charge in [-0.05, 0) is 57.8 Å². The Hall–Kier alpha value is -1.30. The first-order valence-electron chi connectivity index (χ1n) is 8.84. The quantitative estimate of drug-likeness (QED) is 0.656. The van der Waals surface area contributed by atoms with E-state index < -0.39 is 0 Å². The van der Waals surface area contributed by atoms with E-state index in [0.717, 1.165) is 44.5 Å². The van der Waals surface area contributed by atoms with Gasteiger partial charge in [-0.3, -0.25) is 4.79 Å². The summed E-state index contributed by atoms with van der Waals surface area (Å²) < 4.78 is 11.0. The lowest BCUT2D eigenvalue weighted by atomic mass is 9.78. The largest absolute Gasteiger partial charge is 0.494 e. The van der Waals surface area contributed by atoms with Crippen molar-refractivity contribution >= 4 is 18.3 Å². The first kappa shape index (κ1) is 21.7. The smallest absolute Gasteiger partial charge is 0.228 e. The molecule has 5 nitrogen and oxygen atoms in total. The molecule has 1 aromatic carbocycles. The van der Waals surface area contributed by atoms with Crippen molar-refractivity contribution in [3.8, 4) is 5.75 Å². The molecular formula is C19H31ClN2O3. The van der Waals surface area contributed by atoms with Crippen LogP contribution in [0.25, 0.3) is 0 Å². The number of hydrogen-bond acceptors (Lipinski definition) is 4. The van der Waals surface area contributed by atoms with Crippen molar-refractivity contribution in [1.29, 1.82) is 0 Å². The van der Waals surface area contributed by atoms with Crippen molar-refractivity contribution in [2.24, 2.45) is 5.41 Å². The summed E-state index contributed by atoms with van der Waals surface area (Å²) in [7, 11) is 1.67. The number of halogens is 1. The number of nitrogens with one attached hydrogen (secondary N) is 2. The molecule has 0 spiro atoms. The van der Waals surface area contributed by atoms with Gasteiger partial charge in [-0.15, -0.1) is 12.4 Å². The van der Waals surface area contributed by atoms with Crippen LogP contribution < -0.4 is 15.4 Å². The zero-order valence-electron chi connectivity index (χ0n) is 15.3. The summed E-state index contributed by atoms with van der Waals surface area (Å²) in [5, 5.41) is 6.39. The highest BCUT2D eigenvalue weighted by atomic mass is 35.5. The summed E-state index contributed by atoms with van der Waals surface area (Å²) in [6, 6.07) is 8.07. The zero-order valence-corrected chi connectivity index (χ0v) is 16.1. The zero-order chi connectivity index (χ0) is 17.3. The van der Waals surface area contributed by atoms with Gasteiger partial charge in [-0.2, -0.15) is 0 Å². The third kappa shape index (κ3) is 6.84. The minimum Gasteiger partial charge on any atom is -0.494 e. The van der Waals surface area contributed by atoms with Crippen LogP contribution in [0, 0.1) is 12.3 Å². The van der Waals surface area contributed by atoms with E-state index in [-0.39, 0.29) is 23.7 Å². The minimum atomic E-state index is -0.363. The van der Waals surface area contributed by atoms with Gasteiger partial charge in [-0.25, -0.2) is 0 Å². The van der Waals surface area contributed by atoms with Gasteiger partial charge >= 0.3 is 0 Å². The van der Waals surface area contributed by atoms with Crippen molar-refractivity contribution < 1.29 is 14.3 Å². The van der Waals surface area contributed by atoms with Gasteiger partial charge in [0.05, 0.1) is 18.6 Å². The molecule has 0 aromatic heterocycles. The molecule has 142 valence electrons. The second kappa shape index (κ2) is 11.3. The molecule has 1 amide bonds. The van der Waals surface area contributed by atoms with E-state index in [4.69, 9.17) is 9.47 Å². The number of amides is 1. The standard InChI is InChI=1S/C19H30N2O3.ClH/c1-16-5-7-17(8-6-16)24-14-4-3-11-21-18(22)19(15-23-2)9-12-20-13-10-19;/h5-8,20H,3-4,9-15H2,1-2H3,(H,21,22);1H. The molecule has 6 heteroatoms. The van der Waals surface area contributed by atoms with Gasteiger partial charge in [-0.1, -0.05) is 17.7 Å². The first-order chi connectivity index (χ1) is 11.7. The van der Waals surface area contributed by atoms with Crippen LogP contribution in [0.2, 0.25) is 0 Å². The number of hydrogen-bond donors (Lipinski definition) is 2. The third-order valence-corrected chi connectivity index (χ3v) is 4.61. The highest BCUT2D eigenvalue weighted by molar-refractivity contribution is 5.85. The first-order valence-corrected chi connectivity index (χ1v) is 8.84. The predicted molar refractivity (Wildman–Crippen MR) is 103 cm³/mol. The Morgan fingerprint density at radius 2 is 1.88 bits per heavy atom. The monoisotopic (exact) mass is 370 g/mol. The van der Waals surface area contributed by atoms with Gasteiger partial charge in [0.1, 0.15) is 5.75 Å². The van der Waals surface area contributed by atoms with Gasteiger partial charge in [0.25, 0.3) is 0 Å². The fourth-order valence-electron chi connectivity index (χ4n) is 3.06. The predicted octanol–water partition coefficient (Wildman–Crippen LogP) is 2.71. The van der Waals surface area contributed by atoms with E-state index in [9.17, 15) is 4.79 Å². The molecule has 0 atom stereocenters. The molecule has 1 aromatic rings. The number of carbonyl (C=O) groups is 1. The summed E-state index contributed by atoms with van der Waals surface area (Å²) in [6.45, 7) is 5.67. The minimum absolute atomic E-state index is 0. The molecule has 0 bridgehead atoms. The van der Waals surface area contributed by atoms with Crippen LogP contribution in [-0.2, 0) is 9.53 Å². The van der Waals surface area contributed by atoms with Crippen LogP contribution in [0.3, 0.4) is 0 Å². The lowest BCUT2D eigenvalue weighted by Gasteiger charge is -2.35. The number of methoxy groups -OCH3 is 1. The number of piperidine rings is 1. The maximum atomic E-state index is 12.5. The van der Waals surface area contributed by atoms with Crippen molar-refractivity contribution in [2.75, 3.05) is 40.0 Å². The molecule has 1 aliphatic rings. The van der Waals surface area contributed by atoms with Gasteiger partial charge in [0, 0.05) is 13.7 Å². The summed E-state index contributed by atoms with van der Waals surface area (Å²) in [6.07, 6.45) is 3.51. The lowest BCUT2D eigenvalue weighted by Crippen LogP contribution is -2.50. The molecule has 25 heavy (non-hydrogen) atoms. The molecule has 0 aliphatic carbocycles. The van der Waals surface area contributed by atoms with E-state index in [2.05, 4.69) is 17.6 Å². The summed E-state index contributed by atoms with van der Waals surface area (Å²) in [4.78, 5) is 12.5. The average molecular weight is 371 g/mol. The van der Waals surface area contributed by atoms with Gasteiger partial charge in [0.2, 0.25) is 5.91 Å². The van der Waals surface area contributed by atoms with Crippen LogP contribution >= 0.6 is 12.4 Å². The van der Waals surface area contributed by atoms with Crippen LogP contribution in [0.15, 0.2) is 24.3 Å². The summed E-state index contributed by atoms with van der Waals surface area (Å²) >= 11 is 0. The fraction of sp³-hybridized carbons (Fsp3) is 0.632. The molecule has 0 saturated carbocycles. The molecule has 0 radical (unpaired) electrons.